The lowest BCUT2D eigenvalue weighted by Crippen LogP contribution is -2.03. The summed E-state index contributed by atoms with van der Waals surface area (Å²) in [6.07, 6.45) is 14.0. The van der Waals surface area contributed by atoms with Gasteiger partial charge in [0.15, 0.2) is 0 Å². The van der Waals surface area contributed by atoms with Gasteiger partial charge in [0.05, 0.1) is 0 Å². The Bertz CT molecular complexity index is 257. The highest BCUT2D eigenvalue weighted by atomic mass is 14.1. The Morgan fingerprint density at radius 1 is 1.19 bits per heavy atom. The van der Waals surface area contributed by atoms with Crippen LogP contribution in [0.3, 0.4) is 0 Å². The summed E-state index contributed by atoms with van der Waals surface area (Å²) < 4.78 is 0. The van der Waals surface area contributed by atoms with Crippen molar-refractivity contribution in [2.75, 3.05) is 0 Å². The second-order valence-electron chi connectivity index (χ2n) is 4.71. The molecular formula is C16H24. The first kappa shape index (κ1) is 13.1. The van der Waals surface area contributed by atoms with E-state index in [1.165, 1.54) is 32.1 Å². The Labute approximate surface area is 101 Å². The van der Waals surface area contributed by atoms with Crippen LogP contribution in [0.2, 0.25) is 0 Å². The number of allylic oxidation sites excluding steroid dienone is 2. The molecule has 0 spiro atoms. The first-order valence-electron chi connectivity index (χ1n) is 6.58. The van der Waals surface area contributed by atoms with Crippen molar-refractivity contribution in [1.82, 2.24) is 0 Å². The van der Waals surface area contributed by atoms with Crippen LogP contribution >= 0.6 is 0 Å². The highest BCUT2D eigenvalue weighted by Gasteiger charge is 2.09. The number of hydrogen-bond acceptors (Lipinski definition) is 0. The van der Waals surface area contributed by atoms with Crippen molar-refractivity contribution in [2.45, 2.75) is 51.4 Å². The van der Waals surface area contributed by atoms with Crippen molar-refractivity contribution >= 4 is 0 Å². The highest BCUT2D eigenvalue weighted by Crippen LogP contribution is 2.22. The van der Waals surface area contributed by atoms with Crippen molar-refractivity contribution in [3.63, 3.8) is 0 Å². The molecule has 0 heteroatoms. The second-order valence-corrected chi connectivity index (χ2v) is 4.71. The van der Waals surface area contributed by atoms with Gasteiger partial charge in [0.25, 0.3) is 0 Å². The van der Waals surface area contributed by atoms with Crippen molar-refractivity contribution in [3.05, 3.63) is 25.3 Å². The number of rotatable bonds is 5. The van der Waals surface area contributed by atoms with E-state index in [4.69, 9.17) is 0 Å². The summed E-state index contributed by atoms with van der Waals surface area (Å²) in [4.78, 5) is 0. The molecule has 0 aromatic heterocycles. The maximum atomic E-state index is 3.85. The molecular weight excluding hydrogens is 192 g/mol. The quantitative estimate of drug-likeness (QED) is 0.460. The molecule has 0 aliphatic heterocycles. The first-order chi connectivity index (χ1) is 7.86. The fourth-order valence-corrected chi connectivity index (χ4v) is 2.27. The molecule has 1 aliphatic carbocycles. The summed E-state index contributed by atoms with van der Waals surface area (Å²) in [6.45, 7) is 7.62. The Morgan fingerprint density at radius 3 is 2.56 bits per heavy atom. The summed E-state index contributed by atoms with van der Waals surface area (Å²) in [5, 5.41) is 0. The minimum Gasteiger partial charge on any atom is -0.103 e. The van der Waals surface area contributed by atoms with Gasteiger partial charge in [0.1, 0.15) is 0 Å². The summed E-state index contributed by atoms with van der Waals surface area (Å²) in [5.41, 5.74) is 0. The molecule has 0 radical (unpaired) electrons. The molecule has 1 fully saturated rings. The van der Waals surface area contributed by atoms with Crippen LogP contribution in [-0.2, 0) is 0 Å². The molecule has 0 bridgehead atoms. The zero-order valence-electron chi connectivity index (χ0n) is 10.4. The van der Waals surface area contributed by atoms with Crippen LogP contribution in [0.1, 0.15) is 51.4 Å². The Balaban J connectivity index is 2.19. The van der Waals surface area contributed by atoms with Crippen LogP contribution in [-0.4, -0.2) is 0 Å². The third-order valence-corrected chi connectivity index (χ3v) is 3.35. The van der Waals surface area contributed by atoms with Crippen LogP contribution in [0.4, 0.5) is 0 Å². The lowest BCUT2D eigenvalue weighted by molar-refractivity contribution is 0.430. The zero-order chi connectivity index (χ0) is 11.6. The second kappa shape index (κ2) is 8.22. The maximum Gasteiger partial charge on any atom is 0.0202 e. The monoisotopic (exact) mass is 216 g/mol. The maximum absolute atomic E-state index is 3.85. The van der Waals surface area contributed by atoms with Gasteiger partial charge in [0, 0.05) is 12.3 Å². The molecule has 0 amide bonds. The van der Waals surface area contributed by atoms with Crippen molar-refractivity contribution < 1.29 is 0 Å². The summed E-state index contributed by atoms with van der Waals surface area (Å²) in [5.74, 6) is 8.04. The molecule has 0 saturated heterocycles. The van der Waals surface area contributed by atoms with E-state index < -0.39 is 0 Å². The molecule has 1 atom stereocenters. The first-order valence-corrected chi connectivity index (χ1v) is 6.58. The molecule has 88 valence electrons. The van der Waals surface area contributed by atoms with E-state index >= 15 is 0 Å². The molecule has 0 nitrogen and oxygen atoms in total. The van der Waals surface area contributed by atoms with Gasteiger partial charge in [-0.2, -0.15) is 0 Å². The van der Waals surface area contributed by atoms with Crippen molar-refractivity contribution in [1.29, 1.82) is 0 Å². The molecule has 1 unspecified atom stereocenters. The van der Waals surface area contributed by atoms with Crippen LogP contribution in [0.15, 0.2) is 25.3 Å². The van der Waals surface area contributed by atoms with Gasteiger partial charge in [-0.3, -0.25) is 0 Å². The van der Waals surface area contributed by atoms with E-state index in [1.807, 2.05) is 12.2 Å². The van der Waals surface area contributed by atoms with Crippen molar-refractivity contribution in [3.8, 4) is 11.8 Å². The standard InChI is InChI=1S/C16H24/c1-3-10-15(4-2)11-8-9-14-16-12-6-5-7-13-16/h3-4,15-16H,1-2,5-8,10-13H2. The van der Waals surface area contributed by atoms with Crippen molar-refractivity contribution in [2.24, 2.45) is 11.8 Å². The molecule has 0 N–H and O–H groups in total. The van der Waals surface area contributed by atoms with Gasteiger partial charge in [-0.15, -0.1) is 19.1 Å². The fraction of sp³-hybridized carbons (Fsp3) is 0.625. The molecule has 0 aromatic carbocycles. The molecule has 0 heterocycles. The largest absolute Gasteiger partial charge is 0.103 e. The SMILES string of the molecule is C=CCC(C=C)CCC#CC1CCCCC1. The van der Waals surface area contributed by atoms with Crippen LogP contribution in [0, 0.1) is 23.7 Å². The summed E-state index contributed by atoms with van der Waals surface area (Å²) in [6, 6.07) is 0. The third-order valence-electron chi connectivity index (χ3n) is 3.35. The molecule has 1 aliphatic rings. The van der Waals surface area contributed by atoms with Crippen LogP contribution in [0.5, 0.6) is 0 Å². The Kier molecular flexibility index (Phi) is 6.74. The van der Waals surface area contributed by atoms with E-state index in [0.717, 1.165) is 19.3 Å². The van der Waals surface area contributed by atoms with Gasteiger partial charge in [-0.1, -0.05) is 37.3 Å². The minimum atomic E-state index is 0.568. The van der Waals surface area contributed by atoms with Gasteiger partial charge in [0.2, 0.25) is 0 Å². The highest BCUT2D eigenvalue weighted by molar-refractivity contribution is 5.05. The summed E-state index contributed by atoms with van der Waals surface area (Å²) in [7, 11) is 0. The van der Waals surface area contributed by atoms with Crippen LogP contribution < -0.4 is 0 Å². The average Bonchev–Trinajstić information content (AvgIpc) is 2.34. The summed E-state index contributed by atoms with van der Waals surface area (Å²) >= 11 is 0. The van der Waals surface area contributed by atoms with E-state index in [-0.39, 0.29) is 0 Å². The lowest BCUT2D eigenvalue weighted by atomic mass is 9.89. The Morgan fingerprint density at radius 2 is 1.94 bits per heavy atom. The van der Waals surface area contributed by atoms with Gasteiger partial charge in [-0.05, 0) is 31.6 Å². The third kappa shape index (κ3) is 5.21. The Hall–Kier alpha value is -0.960. The van der Waals surface area contributed by atoms with Gasteiger partial charge < -0.3 is 0 Å². The topological polar surface area (TPSA) is 0 Å². The predicted octanol–water partition coefficient (Wildman–Crippen LogP) is 4.73. The predicted molar refractivity (Wildman–Crippen MR) is 72.1 cm³/mol. The molecule has 1 rings (SSSR count). The van der Waals surface area contributed by atoms with E-state index in [2.05, 4.69) is 25.0 Å². The normalized spacial score (nSPS) is 18.2. The van der Waals surface area contributed by atoms with Crippen LogP contribution in [0.25, 0.3) is 0 Å². The number of hydrogen-bond donors (Lipinski definition) is 0. The average molecular weight is 216 g/mol. The lowest BCUT2D eigenvalue weighted by Gasteiger charge is -2.15. The van der Waals surface area contributed by atoms with Gasteiger partial charge >= 0.3 is 0 Å². The molecule has 0 aromatic rings. The van der Waals surface area contributed by atoms with E-state index in [1.54, 1.807) is 0 Å². The van der Waals surface area contributed by atoms with E-state index in [0.29, 0.717) is 11.8 Å². The fourth-order valence-electron chi connectivity index (χ4n) is 2.27. The van der Waals surface area contributed by atoms with Gasteiger partial charge in [-0.25, -0.2) is 0 Å². The smallest absolute Gasteiger partial charge is 0.0202 e. The minimum absolute atomic E-state index is 0.568. The zero-order valence-corrected chi connectivity index (χ0v) is 10.4. The van der Waals surface area contributed by atoms with E-state index in [9.17, 15) is 0 Å². The molecule has 1 saturated carbocycles. The molecule has 16 heavy (non-hydrogen) atoms.